The first kappa shape index (κ1) is 15.4. The number of anilines is 1. The first-order valence-corrected chi connectivity index (χ1v) is 6.39. The Morgan fingerprint density at radius 1 is 1.43 bits per heavy atom. The lowest BCUT2D eigenvalue weighted by Gasteiger charge is -2.21. The largest absolute Gasteiger partial charge is 0.573 e. The third-order valence-corrected chi connectivity index (χ3v) is 3.07. The molecule has 0 aromatic heterocycles. The zero-order valence-corrected chi connectivity index (χ0v) is 11.1. The normalized spacial score (nSPS) is 14.9. The molecule has 2 rings (SSSR count). The van der Waals surface area contributed by atoms with Crippen molar-refractivity contribution in [1.82, 2.24) is 4.90 Å². The summed E-state index contributed by atoms with van der Waals surface area (Å²) < 4.78 is 40.2. The second kappa shape index (κ2) is 5.80. The Kier molecular flexibility index (Phi) is 4.26. The van der Waals surface area contributed by atoms with Crippen LogP contribution in [0, 0.1) is 0 Å². The third kappa shape index (κ3) is 4.01. The van der Waals surface area contributed by atoms with Crippen LogP contribution < -0.4 is 10.5 Å². The van der Waals surface area contributed by atoms with E-state index in [1.165, 1.54) is 11.0 Å². The highest BCUT2D eigenvalue weighted by atomic mass is 19.4. The zero-order chi connectivity index (χ0) is 15.6. The van der Waals surface area contributed by atoms with Crippen LogP contribution in [0.15, 0.2) is 18.2 Å². The number of halogens is 3. The van der Waals surface area contributed by atoms with Crippen LogP contribution in [0.3, 0.4) is 0 Å². The van der Waals surface area contributed by atoms with E-state index in [4.69, 9.17) is 10.8 Å². The smallest absolute Gasteiger partial charge is 0.404 e. The molecule has 1 amide bonds. The molecular formula is C13H15F3N2O3. The van der Waals surface area contributed by atoms with Gasteiger partial charge in [0.2, 0.25) is 0 Å². The molecule has 0 atom stereocenters. The molecule has 0 spiro atoms. The van der Waals surface area contributed by atoms with E-state index in [1.807, 2.05) is 0 Å². The number of nitrogens with two attached hydrogens (primary N) is 1. The molecule has 1 aliphatic carbocycles. The maximum atomic E-state index is 12.3. The summed E-state index contributed by atoms with van der Waals surface area (Å²) in [5.74, 6) is -0.906. The van der Waals surface area contributed by atoms with Gasteiger partial charge in [-0.05, 0) is 31.0 Å². The minimum Gasteiger partial charge on any atom is -0.404 e. The van der Waals surface area contributed by atoms with Gasteiger partial charge < -0.3 is 20.5 Å². The molecule has 0 unspecified atom stereocenters. The lowest BCUT2D eigenvalue weighted by Crippen LogP contribution is -2.35. The molecule has 0 radical (unpaired) electrons. The van der Waals surface area contributed by atoms with Gasteiger partial charge in [-0.25, -0.2) is 0 Å². The van der Waals surface area contributed by atoms with E-state index in [-0.39, 0.29) is 36.4 Å². The van der Waals surface area contributed by atoms with E-state index in [1.54, 1.807) is 0 Å². The molecule has 5 nitrogen and oxygen atoms in total. The molecule has 1 aliphatic rings. The number of carbonyl (C=O) groups excluding carboxylic acids is 1. The van der Waals surface area contributed by atoms with Gasteiger partial charge >= 0.3 is 6.36 Å². The Morgan fingerprint density at radius 2 is 2.10 bits per heavy atom. The minimum absolute atomic E-state index is 0.0805. The Balaban J connectivity index is 2.16. The third-order valence-electron chi connectivity index (χ3n) is 3.07. The molecular weight excluding hydrogens is 289 g/mol. The summed E-state index contributed by atoms with van der Waals surface area (Å²) in [6.45, 7) is 0.0111. The van der Waals surface area contributed by atoms with Crippen LogP contribution in [0.5, 0.6) is 5.75 Å². The lowest BCUT2D eigenvalue weighted by atomic mass is 10.1. The number of hydrogen-bond donors (Lipinski definition) is 2. The Hall–Kier alpha value is -1.96. The Morgan fingerprint density at radius 3 is 2.57 bits per heavy atom. The van der Waals surface area contributed by atoms with Gasteiger partial charge in [-0.15, -0.1) is 13.2 Å². The van der Waals surface area contributed by atoms with Crippen molar-refractivity contribution in [2.75, 3.05) is 18.9 Å². The van der Waals surface area contributed by atoms with Crippen molar-refractivity contribution >= 4 is 11.6 Å². The Labute approximate surface area is 119 Å². The van der Waals surface area contributed by atoms with Crippen LogP contribution in [0.1, 0.15) is 23.2 Å². The number of nitrogen functional groups attached to an aromatic ring is 1. The molecule has 0 bridgehead atoms. The molecule has 0 aliphatic heterocycles. The van der Waals surface area contributed by atoms with Gasteiger partial charge in [-0.1, -0.05) is 0 Å². The van der Waals surface area contributed by atoms with Crippen LogP contribution in [0.2, 0.25) is 0 Å². The van der Waals surface area contributed by atoms with Gasteiger partial charge in [0.25, 0.3) is 5.91 Å². The molecule has 116 valence electrons. The van der Waals surface area contributed by atoms with Crippen molar-refractivity contribution in [2.45, 2.75) is 25.2 Å². The van der Waals surface area contributed by atoms with Crippen LogP contribution in [-0.4, -0.2) is 41.5 Å². The van der Waals surface area contributed by atoms with Gasteiger partial charge in [-0.2, -0.15) is 0 Å². The fourth-order valence-electron chi connectivity index (χ4n) is 2.01. The SMILES string of the molecule is Nc1cc(C(=O)N(CCO)C2CC2)ccc1OC(F)(F)F. The standard InChI is InChI=1S/C13H15F3N2O3/c14-13(15,16)21-11-4-1-8(7-10(11)17)12(20)18(5-6-19)9-2-3-9/h1,4,7,9,19H,2-3,5-6,17H2. The number of benzene rings is 1. The first-order chi connectivity index (χ1) is 9.81. The van der Waals surface area contributed by atoms with E-state index in [0.717, 1.165) is 25.0 Å². The summed E-state index contributed by atoms with van der Waals surface area (Å²) in [5, 5.41) is 8.97. The number of ether oxygens (including phenoxy) is 1. The molecule has 0 heterocycles. The molecule has 21 heavy (non-hydrogen) atoms. The van der Waals surface area contributed by atoms with Gasteiger partial charge in [0.05, 0.1) is 12.3 Å². The van der Waals surface area contributed by atoms with Crippen molar-refractivity contribution in [2.24, 2.45) is 0 Å². The number of alkyl halides is 3. The van der Waals surface area contributed by atoms with E-state index in [2.05, 4.69) is 4.74 Å². The van der Waals surface area contributed by atoms with E-state index < -0.39 is 12.1 Å². The topological polar surface area (TPSA) is 75.8 Å². The summed E-state index contributed by atoms with van der Waals surface area (Å²) in [6, 6.07) is 3.47. The summed E-state index contributed by atoms with van der Waals surface area (Å²) >= 11 is 0. The molecule has 1 aromatic carbocycles. The quantitative estimate of drug-likeness (QED) is 0.813. The fraction of sp³-hybridized carbons (Fsp3) is 0.462. The molecule has 1 fully saturated rings. The summed E-state index contributed by atoms with van der Waals surface area (Å²) in [6.07, 6.45) is -3.12. The monoisotopic (exact) mass is 304 g/mol. The van der Waals surface area contributed by atoms with Crippen LogP contribution in [0.4, 0.5) is 18.9 Å². The molecule has 0 saturated heterocycles. The fourth-order valence-corrected chi connectivity index (χ4v) is 2.01. The number of amides is 1. The summed E-state index contributed by atoms with van der Waals surface area (Å²) in [7, 11) is 0. The summed E-state index contributed by atoms with van der Waals surface area (Å²) in [4.78, 5) is 13.8. The number of carbonyl (C=O) groups is 1. The van der Waals surface area contributed by atoms with Crippen molar-refractivity contribution < 1.29 is 27.8 Å². The number of aliphatic hydroxyl groups is 1. The van der Waals surface area contributed by atoms with Gasteiger partial charge in [0.1, 0.15) is 0 Å². The number of hydrogen-bond acceptors (Lipinski definition) is 4. The highest BCUT2D eigenvalue weighted by molar-refractivity contribution is 5.95. The van der Waals surface area contributed by atoms with Crippen LogP contribution in [0.25, 0.3) is 0 Å². The van der Waals surface area contributed by atoms with Gasteiger partial charge in [0.15, 0.2) is 5.75 Å². The predicted molar refractivity (Wildman–Crippen MR) is 68.7 cm³/mol. The van der Waals surface area contributed by atoms with Crippen LogP contribution in [-0.2, 0) is 0 Å². The maximum absolute atomic E-state index is 12.3. The average molecular weight is 304 g/mol. The second-order valence-corrected chi connectivity index (χ2v) is 4.75. The molecule has 1 aromatic rings. The van der Waals surface area contributed by atoms with Gasteiger partial charge in [-0.3, -0.25) is 4.79 Å². The van der Waals surface area contributed by atoms with Crippen molar-refractivity contribution in [1.29, 1.82) is 0 Å². The number of nitrogens with zero attached hydrogens (tertiary/aromatic N) is 1. The second-order valence-electron chi connectivity index (χ2n) is 4.75. The van der Waals surface area contributed by atoms with E-state index >= 15 is 0 Å². The molecule has 3 N–H and O–H groups in total. The van der Waals surface area contributed by atoms with Gasteiger partial charge in [0, 0.05) is 18.2 Å². The van der Waals surface area contributed by atoms with Crippen molar-refractivity contribution in [3.63, 3.8) is 0 Å². The number of rotatable bonds is 5. The highest BCUT2D eigenvalue weighted by Crippen LogP contribution is 2.31. The average Bonchev–Trinajstić information content (AvgIpc) is 3.20. The molecule has 8 heteroatoms. The van der Waals surface area contributed by atoms with Crippen molar-refractivity contribution in [3.05, 3.63) is 23.8 Å². The lowest BCUT2D eigenvalue weighted by molar-refractivity contribution is -0.274. The predicted octanol–water partition coefficient (Wildman–Crippen LogP) is 1.76. The minimum atomic E-state index is -4.84. The van der Waals surface area contributed by atoms with E-state index in [9.17, 15) is 18.0 Å². The zero-order valence-electron chi connectivity index (χ0n) is 11.1. The summed E-state index contributed by atoms with van der Waals surface area (Å²) in [5.41, 5.74) is 5.39. The molecule has 1 saturated carbocycles. The number of aliphatic hydroxyl groups excluding tert-OH is 1. The first-order valence-electron chi connectivity index (χ1n) is 6.39. The highest BCUT2D eigenvalue weighted by Gasteiger charge is 2.34. The van der Waals surface area contributed by atoms with E-state index in [0.29, 0.717) is 0 Å². The van der Waals surface area contributed by atoms with Crippen molar-refractivity contribution in [3.8, 4) is 5.75 Å². The van der Waals surface area contributed by atoms with Crippen LogP contribution >= 0.6 is 0 Å². The Bertz CT molecular complexity index is 530. The maximum Gasteiger partial charge on any atom is 0.573 e.